The quantitative estimate of drug-likeness (QED) is 0.866. The number of halogens is 1. The lowest BCUT2D eigenvalue weighted by molar-refractivity contribution is -0.130. The molecule has 1 N–H and O–H groups in total. The first-order valence-electron chi connectivity index (χ1n) is 8.18. The summed E-state index contributed by atoms with van der Waals surface area (Å²) >= 11 is 5.91. The third kappa shape index (κ3) is 4.65. The molecule has 0 aromatic heterocycles. The van der Waals surface area contributed by atoms with Gasteiger partial charge >= 0.3 is 0 Å². The molecule has 0 spiro atoms. The molecule has 1 aliphatic heterocycles. The molecule has 2 aromatic carbocycles. The summed E-state index contributed by atoms with van der Waals surface area (Å²) in [6.45, 7) is 1.90. The number of carbonyl (C=O) groups excluding carboxylic acids is 1. The first-order valence-corrected chi connectivity index (χ1v) is 8.56. The Bertz CT molecular complexity index is 678. The van der Waals surface area contributed by atoms with Crippen molar-refractivity contribution in [2.45, 2.75) is 18.9 Å². The molecule has 24 heavy (non-hydrogen) atoms. The Morgan fingerprint density at radius 3 is 2.83 bits per heavy atom. The zero-order valence-corrected chi connectivity index (χ0v) is 14.2. The van der Waals surface area contributed by atoms with Crippen LogP contribution in [0.2, 0.25) is 5.02 Å². The van der Waals surface area contributed by atoms with E-state index in [1.807, 2.05) is 47.4 Å². The van der Waals surface area contributed by atoms with Crippen LogP contribution in [-0.2, 0) is 4.79 Å². The van der Waals surface area contributed by atoms with Gasteiger partial charge in [-0.2, -0.15) is 0 Å². The summed E-state index contributed by atoms with van der Waals surface area (Å²) in [6, 6.07) is 17.6. The number of benzene rings is 2. The molecule has 1 aliphatic rings. The fraction of sp³-hybridized carbons (Fsp3) is 0.316. The highest BCUT2D eigenvalue weighted by atomic mass is 35.5. The van der Waals surface area contributed by atoms with Crippen molar-refractivity contribution in [3.8, 4) is 5.75 Å². The van der Waals surface area contributed by atoms with Gasteiger partial charge in [-0.25, -0.2) is 0 Å². The smallest absolute Gasteiger partial charge is 0.226 e. The van der Waals surface area contributed by atoms with Crippen LogP contribution in [0.25, 0.3) is 0 Å². The number of carbonyl (C=O) groups is 1. The van der Waals surface area contributed by atoms with E-state index < -0.39 is 0 Å². The standard InChI is InChI=1S/C19H21ClN2O2/c20-15-5-4-8-18(13-15)24-12-10-19(23)22-11-9-17(14-22)21-16-6-2-1-3-7-16/h1-8,13,17,21H,9-12,14H2. The molecule has 1 heterocycles. The van der Waals surface area contributed by atoms with Crippen LogP contribution in [0.3, 0.4) is 0 Å². The summed E-state index contributed by atoms with van der Waals surface area (Å²) in [5.74, 6) is 0.828. The van der Waals surface area contributed by atoms with Crippen molar-refractivity contribution in [2.75, 3.05) is 25.0 Å². The maximum atomic E-state index is 12.3. The Balaban J connectivity index is 1.41. The number of hydrogen-bond acceptors (Lipinski definition) is 3. The van der Waals surface area contributed by atoms with E-state index in [-0.39, 0.29) is 5.91 Å². The molecule has 1 atom stereocenters. The largest absolute Gasteiger partial charge is 0.493 e. The highest BCUT2D eigenvalue weighted by Crippen LogP contribution is 2.18. The van der Waals surface area contributed by atoms with Gasteiger partial charge < -0.3 is 15.0 Å². The fourth-order valence-electron chi connectivity index (χ4n) is 2.85. The summed E-state index contributed by atoms with van der Waals surface area (Å²) in [6.07, 6.45) is 1.35. The second-order valence-corrected chi connectivity index (χ2v) is 6.33. The zero-order chi connectivity index (χ0) is 16.8. The maximum Gasteiger partial charge on any atom is 0.226 e. The molecule has 0 aliphatic carbocycles. The third-order valence-corrected chi connectivity index (χ3v) is 4.30. The number of hydrogen-bond donors (Lipinski definition) is 1. The molecule has 4 nitrogen and oxygen atoms in total. The van der Waals surface area contributed by atoms with Gasteiger partial charge in [-0.3, -0.25) is 4.79 Å². The van der Waals surface area contributed by atoms with Crippen molar-refractivity contribution < 1.29 is 9.53 Å². The molecule has 126 valence electrons. The Morgan fingerprint density at radius 2 is 2.04 bits per heavy atom. The molecule has 0 saturated carbocycles. The molecular weight excluding hydrogens is 324 g/mol. The van der Waals surface area contributed by atoms with Crippen LogP contribution < -0.4 is 10.1 Å². The second kappa shape index (κ2) is 8.06. The number of nitrogens with one attached hydrogen (secondary N) is 1. The molecular formula is C19H21ClN2O2. The van der Waals surface area contributed by atoms with Gasteiger partial charge in [0.25, 0.3) is 0 Å². The SMILES string of the molecule is O=C(CCOc1cccc(Cl)c1)N1CCC(Nc2ccccc2)C1. The van der Waals surface area contributed by atoms with Crippen LogP contribution in [0.5, 0.6) is 5.75 Å². The minimum atomic E-state index is 0.134. The Morgan fingerprint density at radius 1 is 1.21 bits per heavy atom. The van der Waals surface area contributed by atoms with Gasteiger partial charge in [-0.05, 0) is 36.8 Å². The monoisotopic (exact) mass is 344 g/mol. The second-order valence-electron chi connectivity index (χ2n) is 5.89. The minimum absolute atomic E-state index is 0.134. The lowest BCUT2D eigenvalue weighted by atomic mass is 10.2. The van der Waals surface area contributed by atoms with Gasteiger partial charge in [0.05, 0.1) is 13.0 Å². The average Bonchev–Trinajstić information content (AvgIpc) is 3.04. The van der Waals surface area contributed by atoms with E-state index >= 15 is 0 Å². The maximum absolute atomic E-state index is 12.3. The first-order chi connectivity index (χ1) is 11.7. The lowest BCUT2D eigenvalue weighted by Crippen LogP contribution is -2.32. The summed E-state index contributed by atoms with van der Waals surface area (Å²) < 4.78 is 5.59. The number of amides is 1. The van der Waals surface area contributed by atoms with Gasteiger partial charge in [0.2, 0.25) is 5.91 Å². The van der Waals surface area contributed by atoms with Gasteiger partial charge in [0.1, 0.15) is 5.75 Å². The number of anilines is 1. The van der Waals surface area contributed by atoms with Gasteiger partial charge in [-0.15, -0.1) is 0 Å². The molecule has 3 rings (SSSR count). The summed E-state index contributed by atoms with van der Waals surface area (Å²) in [4.78, 5) is 14.2. The first kappa shape index (κ1) is 16.7. The number of likely N-dealkylation sites (tertiary alicyclic amines) is 1. The third-order valence-electron chi connectivity index (χ3n) is 4.07. The zero-order valence-electron chi connectivity index (χ0n) is 13.5. The minimum Gasteiger partial charge on any atom is -0.493 e. The van der Waals surface area contributed by atoms with Crippen LogP contribution >= 0.6 is 11.6 Å². The average molecular weight is 345 g/mol. The van der Waals surface area contributed by atoms with Crippen molar-refractivity contribution in [3.05, 3.63) is 59.6 Å². The molecule has 1 fully saturated rings. The van der Waals surface area contributed by atoms with E-state index in [0.29, 0.717) is 29.8 Å². The van der Waals surface area contributed by atoms with E-state index in [4.69, 9.17) is 16.3 Å². The summed E-state index contributed by atoms with van der Waals surface area (Å²) in [5, 5.41) is 4.11. The van der Waals surface area contributed by atoms with Crippen molar-refractivity contribution in [2.24, 2.45) is 0 Å². The Hall–Kier alpha value is -2.20. The van der Waals surface area contributed by atoms with E-state index in [1.54, 1.807) is 12.1 Å². The van der Waals surface area contributed by atoms with Crippen molar-refractivity contribution in [1.29, 1.82) is 0 Å². The van der Waals surface area contributed by atoms with E-state index in [1.165, 1.54) is 0 Å². The van der Waals surface area contributed by atoms with Gasteiger partial charge in [0, 0.05) is 29.8 Å². The van der Waals surface area contributed by atoms with Crippen LogP contribution in [-0.4, -0.2) is 36.5 Å². The fourth-order valence-corrected chi connectivity index (χ4v) is 3.03. The van der Waals surface area contributed by atoms with Crippen LogP contribution in [0.1, 0.15) is 12.8 Å². The van der Waals surface area contributed by atoms with Crippen molar-refractivity contribution in [1.82, 2.24) is 4.90 Å². The number of nitrogens with zero attached hydrogens (tertiary/aromatic N) is 1. The van der Waals surface area contributed by atoms with Crippen molar-refractivity contribution >= 4 is 23.2 Å². The highest BCUT2D eigenvalue weighted by Gasteiger charge is 2.25. The molecule has 1 amide bonds. The summed E-state index contributed by atoms with van der Waals surface area (Å²) in [5.41, 5.74) is 1.10. The summed E-state index contributed by atoms with van der Waals surface area (Å²) in [7, 11) is 0. The molecule has 1 unspecified atom stereocenters. The predicted octanol–water partition coefficient (Wildman–Crippen LogP) is 3.82. The van der Waals surface area contributed by atoms with Crippen LogP contribution in [0, 0.1) is 0 Å². The lowest BCUT2D eigenvalue weighted by Gasteiger charge is -2.18. The molecule has 2 aromatic rings. The molecule has 0 bridgehead atoms. The highest BCUT2D eigenvalue weighted by molar-refractivity contribution is 6.30. The van der Waals surface area contributed by atoms with E-state index in [9.17, 15) is 4.79 Å². The van der Waals surface area contributed by atoms with Crippen molar-refractivity contribution in [3.63, 3.8) is 0 Å². The Kier molecular flexibility index (Phi) is 5.59. The topological polar surface area (TPSA) is 41.6 Å². The van der Waals surface area contributed by atoms with Crippen LogP contribution in [0.4, 0.5) is 5.69 Å². The molecule has 5 heteroatoms. The van der Waals surface area contributed by atoms with E-state index in [0.717, 1.165) is 25.2 Å². The van der Waals surface area contributed by atoms with Gasteiger partial charge in [0.15, 0.2) is 0 Å². The normalized spacial score (nSPS) is 16.9. The van der Waals surface area contributed by atoms with E-state index in [2.05, 4.69) is 5.32 Å². The number of para-hydroxylation sites is 1. The predicted molar refractivity (Wildman–Crippen MR) is 96.6 cm³/mol. The molecule has 1 saturated heterocycles. The number of ether oxygens (including phenoxy) is 1. The molecule has 0 radical (unpaired) electrons. The van der Waals surface area contributed by atoms with Gasteiger partial charge in [-0.1, -0.05) is 35.9 Å². The van der Waals surface area contributed by atoms with Crippen LogP contribution in [0.15, 0.2) is 54.6 Å². The Labute approximate surface area is 147 Å². The number of rotatable bonds is 6.